The molecule has 1 saturated heterocycles. The molecule has 1 N–H and O–H groups in total. The van der Waals surface area contributed by atoms with Crippen LogP contribution in [-0.2, 0) is 14.6 Å². The zero-order valence-electron chi connectivity index (χ0n) is 9.53. The predicted molar refractivity (Wildman–Crippen MR) is 60.8 cm³/mol. The van der Waals surface area contributed by atoms with Gasteiger partial charge >= 0.3 is 0 Å². The summed E-state index contributed by atoms with van der Waals surface area (Å²) in [5.74, 6) is 0.226. The Bertz CT molecular complexity index is 268. The first-order valence-corrected chi connectivity index (χ1v) is 7.56. The van der Waals surface area contributed by atoms with Crippen molar-refractivity contribution < 1.29 is 13.2 Å². The van der Waals surface area contributed by atoms with Crippen molar-refractivity contribution in [1.29, 1.82) is 0 Å². The van der Waals surface area contributed by atoms with E-state index in [1.165, 1.54) is 6.26 Å². The van der Waals surface area contributed by atoms with Crippen molar-refractivity contribution in [3.8, 4) is 0 Å². The highest BCUT2D eigenvalue weighted by atomic mass is 32.2. The zero-order valence-corrected chi connectivity index (χ0v) is 10.3. The third kappa shape index (κ3) is 6.12. The fourth-order valence-electron chi connectivity index (χ4n) is 1.69. The summed E-state index contributed by atoms with van der Waals surface area (Å²) in [6.07, 6.45) is 4.34. The molecule has 0 aromatic carbocycles. The van der Waals surface area contributed by atoms with E-state index in [4.69, 9.17) is 4.74 Å². The molecule has 2 atom stereocenters. The summed E-state index contributed by atoms with van der Waals surface area (Å²) in [5, 5.41) is 3.35. The van der Waals surface area contributed by atoms with Gasteiger partial charge in [-0.05, 0) is 26.2 Å². The quantitative estimate of drug-likeness (QED) is 0.708. The molecule has 0 aromatic heterocycles. The molecule has 0 saturated carbocycles. The van der Waals surface area contributed by atoms with Crippen molar-refractivity contribution in [2.45, 2.75) is 38.3 Å². The van der Waals surface area contributed by atoms with Gasteiger partial charge in [0.15, 0.2) is 0 Å². The average Bonchev–Trinajstić information content (AvgIpc) is 2.14. The van der Waals surface area contributed by atoms with Crippen LogP contribution in [0.25, 0.3) is 0 Å². The Morgan fingerprint density at radius 1 is 1.40 bits per heavy atom. The standard InChI is InChI=1S/C10H21NO3S/c1-9-4-5-10(8-11-9)14-6-3-7-15(2,12)13/h9-11H,3-8H2,1-2H3. The van der Waals surface area contributed by atoms with Gasteiger partial charge in [-0.15, -0.1) is 0 Å². The second-order valence-electron chi connectivity index (χ2n) is 4.36. The minimum Gasteiger partial charge on any atom is -0.377 e. The van der Waals surface area contributed by atoms with Gasteiger partial charge in [0, 0.05) is 25.4 Å². The molecule has 1 aliphatic heterocycles. The van der Waals surface area contributed by atoms with Crippen LogP contribution >= 0.6 is 0 Å². The van der Waals surface area contributed by atoms with Crippen LogP contribution in [0, 0.1) is 0 Å². The van der Waals surface area contributed by atoms with Crippen LogP contribution < -0.4 is 5.32 Å². The molecule has 1 fully saturated rings. The maximum atomic E-state index is 10.9. The average molecular weight is 235 g/mol. The molecule has 0 aliphatic carbocycles. The minimum atomic E-state index is -2.83. The van der Waals surface area contributed by atoms with Gasteiger partial charge in [-0.1, -0.05) is 0 Å². The lowest BCUT2D eigenvalue weighted by Crippen LogP contribution is -2.41. The second-order valence-corrected chi connectivity index (χ2v) is 6.62. The van der Waals surface area contributed by atoms with Crippen LogP contribution in [0.5, 0.6) is 0 Å². The van der Waals surface area contributed by atoms with Crippen LogP contribution in [0.3, 0.4) is 0 Å². The van der Waals surface area contributed by atoms with Gasteiger partial charge in [0.05, 0.1) is 11.9 Å². The fourth-order valence-corrected chi connectivity index (χ4v) is 2.33. The Labute approximate surface area is 92.3 Å². The second kappa shape index (κ2) is 5.82. The molecule has 0 spiro atoms. The molecule has 0 aromatic rings. The monoisotopic (exact) mass is 235 g/mol. The van der Waals surface area contributed by atoms with Crippen molar-refractivity contribution in [1.82, 2.24) is 5.32 Å². The lowest BCUT2D eigenvalue weighted by molar-refractivity contribution is 0.0315. The van der Waals surface area contributed by atoms with E-state index in [1.54, 1.807) is 0 Å². The van der Waals surface area contributed by atoms with Crippen LogP contribution in [-0.4, -0.2) is 45.7 Å². The summed E-state index contributed by atoms with van der Waals surface area (Å²) in [4.78, 5) is 0. The van der Waals surface area contributed by atoms with Gasteiger partial charge in [0.2, 0.25) is 0 Å². The van der Waals surface area contributed by atoms with Crippen molar-refractivity contribution in [3.63, 3.8) is 0 Å². The van der Waals surface area contributed by atoms with Crippen molar-refractivity contribution in [2.75, 3.05) is 25.2 Å². The number of piperidine rings is 1. The first-order chi connectivity index (χ1) is 6.97. The van der Waals surface area contributed by atoms with E-state index in [0.29, 0.717) is 19.1 Å². The van der Waals surface area contributed by atoms with Crippen molar-refractivity contribution >= 4 is 9.84 Å². The van der Waals surface area contributed by atoms with Crippen LogP contribution in [0.2, 0.25) is 0 Å². The smallest absolute Gasteiger partial charge is 0.147 e. The van der Waals surface area contributed by atoms with Crippen molar-refractivity contribution in [2.24, 2.45) is 0 Å². The Kier molecular flexibility index (Phi) is 5.02. The van der Waals surface area contributed by atoms with E-state index in [1.807, 2.05) is 0 Å². The van der Waals surface area contributed by atoms with Gasteiger partial charge in [-0.2, -0.15) is 0 Å². The topological polar surface area (TPSA) is 55.4 Å². The Hall–Kier alpha value is -0.130. The van der Waals surface area contributed by atoms with E-state index in [-0.39, 0.29) is 11.9 Å². The highest BCUT2D eigenvalue weighted by Gasteiger charge is 2.17. The summed E-state index contributed by atoms with van der Waals surface area (Å²) < 4.78 is 27.3. The molecule has 15 heavy (non-hydrogen) atoms. The third-order valence-corrected chi connectivity index (χ3v) is 3.66. The van der Waals surface area contributed by atoms with E-state index in [0.717, 1.165) is 19.4 Å². The summed E-state index contributed by atoms with van der Waals surface area (Å²) in [6.45, 7) is 3.60. The summed E-state index contributed by atoms with van der Waals surface area (Å²) >= 11 is 0. The molecule has 2 unspecified atom stereocenters. The molecule has 5 heteroatoms. The largest absolute Gasteiger partial charge is 0.377 e. The molecule has 1 aliphatic rings. The Morgan fingerprint density at radius 2 is 2.13 bits per heavy atom. The summed E-state index contributed by atoms with van der Waals surface area (Å²) in [7, 11) is -2.83. The Balaban J connectivity index is 2.06. The van der Waals surface area contributed by atoms with Gasteiger partial charge in [0.1, 0.15) is 9.84 Å². The summed E-state index contributed by atoms with van der Waals surface area (Å²) in [5.41, 5.74) is 0. The van der Waals surface area contributed by atoms with Gasteiger partial charge < -0.3 is 10.1 Å². The number of sulfone groups is 1. The molecular formula is C10H21NO3S. The van der Waals surface area contributed by atoms with Gasteiger partial charge in [0.25, 0.3) is 0 Å². The lowest BCUT2D eigenvalue weighted by atomic mass is 10.0. The predicted octanol–water partition coefficient (Wildman–Crippen LogP) is 0.578. The zero-order chi connectivity index (χ0) is 11.3. The van der Waals surface area contributed by atoms with E-state index >= 15 is 0 Å². The van der Waals surface area contributed by atoms with Gasteiger partial charge in [-0.25, -0.2) is 8.42 Å². The van der Waals surface area contributed by atoms with E-state index in [9.17, 15) is 8.42 Å². The molecule has 1 heterocycles. The molecule has 1 rings (SSSR count). The number of hydrogen-bond donors (Lipinski definition) is 1. The number of rotatable bonds is 5. The highest BCUT2D eigenvalue weighted by molar-refractivity contribution is 7.90. The van der Waals surface area contributed by atoms with Gasteiger partial charge in [-0.3, -0.25) is 0 Å². The first-order valence-electron chi connectivity index (χ1n) is 5.50. The van der Waals surface area contributed by atoms with E-state index in [2.05, 4.69) is 12.2 Å². The lowest BCUT2D eigenvalue weighted by Gasteiger charge is -2.27. The molecule has 0 radical (unpaired) electrons. The number of ether oxygens (including phenoxy) is 1. The molecule has 4 nitrogen and oxygen atoms in total. The third-order valence-electron chi connectivity index (χ3n) is 2.63. The molecule has 0 amide bonds. The summed E-state index contributed by atoms with van der Waals surface area (Å²) in [6, 6.07) is 0.584. The van der Waals surface area contributed by atoms with Crippen LogP contribution in [0.1, 0.15) is 26.2 Å². The highest BCUT2D eigenvalue weighted by Crippen LogP contribution is 2.10. The molecular weight excluding hydrogens is 214 g/mol. The minimum absolute atomic E-state index is 0.226. The van der Waals surface area contributed by atoms with Crippen molar-refractivity contribution in [3.05, 3.63) is 0 Å². The molecule has 90 valence electrons. The van der Waals surface area contributed by atoms with Crippen LogP contribution in [0.4, 0.5) is 0 Å². The number of hydrogen-bond acceptors (Lipinski definition) is 4. The van der Waals surface area contributed by atoms with Crippen LogP contribution in [0.15, 0.2) is 0 Å². The normalized spacial score (nSPS) is 27.9. The maximum Gasteiger partial charge on any atom is 0.147 e. The fraction of sp³-hybridized carbons (Fsp3) is 1.00. The SMILES string of the molecule is CC1CCC(OCCCS(C)(=O)=O)CN1. The first kappa shape index (κ1) is 12.9. The number of nitrogens with one attached hydrogen (secondary N) is 1. The Morgan fingerprint density at radius 3 is 2.67 bits per heavy atom. The maximum absolute atomic E-state index is 10.9. The van der Waals surface area contributed by atoms with E-state index < -0.39 is 9.84 Å². The molecule has 0 bridgehead atoms.